The highest BCUT2D eigenvalue weighted by Gasteiger charge is 2.18. The summed E-state index contributed by atoms with van der Waals surface area (Å²) < 4.78 is 0. The number of hydrogen-bond donors (Lipinski definition) is 2. The Morgan fingerprint density at radius 3 is 2.93 bits per heavy atom. The smallest absolute Gasteiger partial charge is 0.355 e. The molecule has 0 aliphatic carbocycles. The molecule has 0 bridgehead atoms. The number of anilines is 1. The lowest BCUT2D eigenvalue weighted by atomic mass is 10.0. The topological polar surface area (TPSA) is 62.2 Å². The van der Waals surface area contributed by atoms with Gasteiger partial charge in [-0.2, -0.15) is 0 Å². The maximum atomic E-state index is 10.6. The van der Waals surface area contributed by atoms with Crippen LogP contribution in [-0.2, 0) is 0 Å². The van der Waals surface area contributed by atoms with Gasteiger partial charge in [-0.3, -0.25) is 0 Å². The lowest BCUT2D eigenvalue weighted by molar-refractivity contribution is 0.0691. The predicted octanol–water partition coefficient (Wildman–Crippen LogP) is 2.06. The Morgan fingerprint density at radius 1 is 1.80 bits per heavy atom. The first-order valence-corrected chi connectivity index (χ1v) is 5.23. The van der Waals surface area contributed by atoms with E-state index >= 15 is 0 Å². The molecule has 0 unspecified atom stereocenters. The average molecular weight is 224 g/mol. The van der Waals surface area contributed by atoms with E-state index < -0.39 is 5.97 Å². The van der Waals surface area contributed by atoms with E-state index in [2.05, 4.69) is 16.2 Å². The van der Waals surface area contributed by atoms with Gasteiger partial charge in [-0.15, -0.1) is 23.7 Å². The second-order valence-electron chi connectivity index (χ2n) is 3.73. The SMILES string of the molecule is C#CCC(C)(C)Nc1nc(C(=O)O)cs1. The number of thiazole rings is 1. The Morgan fingerprint density at radius 2 is 2.47 bits per heavy atom. The van der Waals surface area contributed by atoms with Crippen LogP contribution in [0.25, 0.3) is 0 Å². The maximum Gasteiger partial charge on any atom is 0.355 e. The van der Waals surface area contributed by atoms with Gasteiger partial charge < -0.3 is 10.4 Å². The Hall–Kier alpha value is -1.54. The van der Waals surface area contributed by atoms with E-state index in [1.54, 1.807) is 0 Å². The monoisotopic (exact) mass is 224 g/mol. The normalized spacial score (nSPS) is 10.7. The summed E-state index contributed by atoms with van der Waals surface area (Å²) in [6.07, 6.45) is 5.77. The number of carboxylic acid groups (broad SMARTS) is 1. The van der Waals surface area contributed by atoms with Crippen LogP contribution in [0.2, 0.25) is 0 Å². The third-order valence-electron chi connectivity index (χ3n) is 1.71. The molecule has 0 radical (unpaired) electrons. The number of nitrogens with zero attached hydrogens (tertiary/aromatic N) is 1. The molecule has 15 heavy (non-hydrogen) atoms. The van der Waals surface area contributed by atoms with Gasteiger partial charge in [0.1, 0.15) is 0 Å². The quantitative estimate of drug-likeness (QED) is 0.768. The Labute approximate surface area is 92.4 Å². The van der Waals surface area contributed by atoms with E-state index in [4.69, 9.17) is 11.5 Å². The zero-order chi connectivity index (χ0) is 11.5. The number of terminal acetylenes is 1. The molecular formula is C10H12N2O2S. The summed E-state index contributed by atoms with van der Waals surface area (Å²) >= 11 is 1.26. The lowest BCUT2D eigenvalue weighted by Crippen LogP contribution is -2.30. The van der Waals surface area contributed by atoms with Crippen molar-refractivity contribution in [3.8, 4) is 12.3 Å². The van der Waals surface area contributed by atoms with E-state index in [1.165, 1.54) is 16.7 Å². The molecule has 0 saturated carbocycles. The van der Waals surface area contributed by atoms with Crippen LogP contribution in [0.15, 0.2) is 5.38 Å². The van der Waals surface area contributed by atoms with Gasteiger partial charge in [-0.25, -0.2) is 9.78 Å². The third-order valence-corrected chi connectivity index (χ3v) is 2.47. The minimum absolute atomic E-state index is 0.0546. The zero-order valence-corrected chi connectivity index (χ0v) is 9.39. The molecule has 2 N–H and O–H groups in total. The molecule has 5 heteroatoms. The van der Waals surface area contributed by atoms with Gasteiger partial charge in [-0.05, 0) is 13.8 Å². The summed E-state index contributed by atoms with van der Waals surface area (Å²) in [5.41, 5.74) is -0.221. The molecule has 0 aliphatic rings. The molecule has 0 atom stereocenters. The fourth-order valence-corrected chi connectivity index (χ4v) is 1.88. The minimum Gasteiger partial charge on any atom is -0.476 e. The van der Waals surface area contributed by atoms with Crippen molar-refractivity contribution in [2.45, 2.75) is 25.8 Å². The van der Waals surface area contributed by atoms with Gasteiger partial charge in [0.2, 0.25) is 0 Å². The van der Waals surface area contributed by atoms with E-state index in [9.17, 15) is 4.79 Å². The van der Waals surface area contributed by atoms with Crippen molar-refractivity contribution >= 4 is 22.4 Å². The van der Waals surface area contributed by atoms with Crippen LogP contribution in [-0.4, -0.2) is 21.6 Å². The number of rotatable bonds is 4. The van der Waals surface area contributed by atoms with Gasteiger partial charge in [0.15, 0.2) is 10.8 Å². The van der Waals surface area contributed by atoms with Crippen LogP contribution < -0.4 is 5.32 Å². The van der Waals surface area contributed by atoms with Crippen molar-refractivity contribution in [2.75, 3.05) is 5.32 Å². The molecule has 1 aromatic heterocycles. The molecule has 1 aromatic rings. The van der Waals surface area contributed by atoms with E-state index in [0.29, 0.717) is 11.6 Å². The Kier molecular flexibility index (Phi) is 3.32. The van der Waals surface area contributed by atoms with Crippen LogP contribution in [0.4, 0.5) is 5.13 Å². The number of aromatic nitrogens is 1. The highest BCUT2D eigenvalue weighted by molar-refractivity contribution is 7.13. The summed E-state index contributed by atoms with van der Waals surface area (Å²) in [5, 5.41) is 13.9. The Balaban J connectivity index is 2.73. The summed E-state index contributed by atoms with van der Waals surface area (Å²) in [6.45, 7) is 3.88. The summed E-state index contributed by atoms with van der Waals surface area (Å²) in [7, 11) is 0. The number of carboxylic acids is 1. The number of hydrogen-bond acceptors (Lipinski definition) is 4. The van der Waals surface area contributed by atoms with Crippen molar-refractivity contribution in [1.82, 2.24) is 4.98 Å². The first-order valence-electron chi connectivity index (χ1n) is 4.35. The van der Waals surface area contributed by atoms with Crippen LogP contribution in [0, 0.1) is 12.3 Å². The molecule has 4 nitrogen and oxygen atoms in total. The van der Waals surface area contributed by atoms with Gasteiger partial charge >= 0.3 is 5.97 Å². The standard InChI is InChI=1S/C10H12N2O2S/c1-4-5-10(2,3)12-9-11-7(6-15-9)8(13)14/h1,6H,5H2,2-3H3,(H,11,12)(H,13,14). The van der Waals surface area contributed by atoms with Crippen molar-refractivity contribution in [3.63, 3.8) is 0 Å². The van der Waals surface area contributed by atoms with Crippen LogP contribution >= 0.6 is 11.3 Å². The van der Waals surface area contributed by atoms with Gasteiger partial charge in [0.05, 0.1) is 0 Å². The third kappa shape index (κ3) is 3.26. The first-order chi connectivity index (χ1) is 6.94. The highest BCUT2D eigenvalue weighted by Crippen LogP contribution is 2.21. The Bertz CT molecular complexity index is 404. The molecule has 0 saturated heterocycles. The summed E-state index contributed by atoms with van der Waals surface area (Å²) in [6, 6.07) is 0. The largest absolute Gasteiger partial charge is 0.476 e. The van der Waals surface area contributed by atoms with Crippen molar-refractivity contribution < 1.29 is 9.90 Å². The van der Waals surface area contributed by atoms with Crippen LogP contribution in [0.3, 0.4) is 0 Å². The molecule has 1 heterocycles. The molecule has 0 fully saturated rings. The van der Waals surface area contributed by atoms with Crippen molar-refractivity contribution in [2.24, 2.45) is 0 Å². The summed E-state index contributed by atoms with van der Waals surface area (Å²) in [5.74, 6) is 1.54. The van der Waals surface area contributed by atoms with Gasteiger partial charge in [0, 0.05) is 17.3 Å². The number of aromatic carboxylic acids is 1. The maximum absolute atomic E-state index is 10.6. The lowest BCUT2D eigenvalue weighted by Gasteiger charge is -2.22. The molecular weight excluding hydrogens is 212 g/mol. The van der Waals surface area contributed by atoms with Crippen LogP contribution in [0.1, 0.15) is 30.8 Å². The average Bonchev–Trinajstić information content (AvgIpc) is 2.51. The predicted molar refractivity (Wildman–Crippen MR) is 60.2 cm³/mol. The summed E-state index contributed by atoms with van der Waals surface area (Å²) in [4.78, 5) is 14.5. The zero-order valence-electron chi connectivity index (χ0n) is 8.57. The van der Waals surface area contributed by atoms with E-state index in [0.717, 1.165) is 0 Å². The fourth-order valence-electron chi connectivity index (χ4n) is 1.02. The molecule has 0 amide bonds. The van der Waals surface area contributed by atoms with Crippen molar-refractivity contribution in [3.05, 3.63) is 11.1 Å². The molecule has 1 rings (SSSR count). The second-order valence-corrected chi connectivity index (χ2v) is 4.59. The molecule has 80 valence electrons. The molecule has 0 spiro atoms. The fraction of sp³-hybridized carbons (Fsp3) is 0.400. The molecule has 0 aliphatic heterocycles. The number of nitrogens with one attached hydrogen (secondary N) is 1. The number of carbonyl (C=O) groups is 1. The van der Waals surface area contributed by atoms with Gasteiger partial charge in [0.25, 0.3) is 0 Å². The van der Waals surface area contributed by atoms with E-state index in [-0.39, 0.29) is 11.2 Å². The minimum atomic E-state index is -1.02. The van der Waals surface area contributed by atoms with Gasteiger partial charge in [-0.1, -0.05) is 0 Å². The van der Waals surface area contributed by atoms with Crippen LogP contribution in [0.5, 0.6) is 0 Å². The highest BCUT2D eigenvalue weighted by atomic mass is 32.1. The van der Waals surface area contributed by atoms with Crippen molar-refractivity contribution in [1.29, 1.82) is 0 Å². The second kappa shape index (κ2) is 4.32. The van der Waals surface area contributed by atoms with E-state index in [1.807, 2.05) is 13.8 Å². The first kappa shape index (κ1) is 11.5. The molecule has 0 aromatic carbocycles.